The highest BCUT2D eigenvalue weighted by molar-refractivity contribution is 5.95. The summed E-state index contributed by atoms with van der Waals surface area (Å²) < 4.78 is 0. The molecular formula is C15H24N3O2+. The van der Waals surface area contributed by atoms with Gasteiger partial charge in [-0.25, -0.2) is 4.79 Å². The Balaban J connectivity index is 2.71. The van der Waals surface area contributed by atoms with Gasteiger partial charge in [-0.05, 0) is 6.92 Å². The van der Waals surface area contributed by atoms with Crippen molar-refractivity contribution in [2.45, 2.75) is 32.9 Å². The largest absolute Gasteiger partial charge is 0.341 e. The average Bonchev–Trinajstić information content (AvgIpc) is 2.44. The van der Waals surface area contributed by atoms with Crippen molar-refractivity contribution < 1.29 is 14.9 Å². The second-order valence-electron chi connectivity index (χ2n) is 5.23. The number of carbonyl (C=O) groups is 2. The Morgan fingerprint density at radius 2 is 1.70 bits per heavy atom. The van der Waals surface area contributed by atoms with E-state index in [1.165, 1.54) is 12.6 Å². The molecule has 2 atom stereocenters. The summed E-state index contributed by atoms with van der Waals surface area (Å²) in [5.41, 5.74) is 1.18. The van der Waals surface area contributed by atoms with Crippen LogP contribution in [0.4, 0.5) is 4.79 Å². The second-order valence-corrected chi connectivity index (χ2v) is 5.23. The Hall–Kier alpha value is -1.88. The van der Waals surface area contributed by atoms with Gasteiger partial charge in [-0.3, -0.25) is 10.1 Å². The van der Waals surface area contributed by atoms with Gasteiger partial charge in [0.25, 0.3) is 5.91 Å². The van der Waals surface area contributed by atoms with Crippen LogP contribution in [0.1, 0.15) is 32.4 Å². The van der Waals surface area contributed by atoms with Crippen molar-refractivity contribution in [2.75, 3.05) is 7.05 Å². The van der Waals surface area contributed by atoms with Crippen molar-refractivity contribution in [3.63, 3.8) is 0 Å². The lowest BCUT2D eigenvalue weighted by Crippen LogP contribution is -2.93. The minimum absolute atomic E-state index is 0.182. The van der Waals surface area contributed by atoms with Crippen LogP contribution in [-0.4, -0.2) is 25.0 Å². The van der Waals surface area contributed by atoms with Gasteiger partial charge in [0.1, 0.15) is 6.04 Å². The minimum atomic E-state index is -0.476. The van der Waals surface area contributed by atoms with E-state index in [0.717, 1.165) is 0 Å². The minimum Gasteiger partial charge on any atom is -0.341 e. The van der Waals surface area contributed by atoms with Gasteiger partial charge in [0.2, 0.25) is 0 Å². The van der Waals surface area contributed by atoms with Crippen LogP contribution in [0.2, 0.25) is 0 Å². The number of nitrogens with two attached hydrogens (primary N) is 1. The first-order valence-corrected chi connectivity index (χ1v) is 6.88. The summed E-state index contributed by atoms with van der Waals surface area (Å²) in [5.74, 6) is 0.0959. The van der Waals surface area contributed by atoms with Crippen LogP contribution >= 0.6 is 0 Å². The van der Waals surface area contributed by atoms with Gasteiger partial charge < -0.3 is 10.6 Å². The molecule has 0 aliphatic heterocycles. The standard InChI is InChI=1S/C15H23N3O2/c1-10(2)13(12-8-6-5-7-9-12)17-11(3)14(19)18-15(20)16-4/h5-11,13,17H,1-4H3,(H2,16,18,19,20)/p+1/t11-,13-/m1/s1. The van der Waals surface area contributed by atoms with E-state index in [-0.39, 0.29) is 18.0 Å². The fourth-order valence-electron chi connectivity index (χ4n) is 2.08. The summed E-state index contributed by atoms with van der Waals surface area (Å²) in [7, 11) is 1.48. The zero-order valence-electron chi connectivity index (χ0n) is 12.5. The molecule has 1 aromatic carbocycles. The first-order chi connectivity index (χ1) is 9.45. The number of amides is 3. The highest BCUT2D eigenvalue weighted by Crippen LogP contribution is 2.17. The van der Waals surface area contributed by atoms with Crippen molar-refractivity contribution in [2.24, 2.45) is 5.92 Å². The van der Waals surface area contributed by atoms with Gasteiger partial charge in [-0.15, -0.1) is 0 Å². The van der Waals surface area contributed by atoms with Crippen LogP contribution in [0.5, 0.6) is 0 Å². The highest BCUT2D eigenvalue weighted by Gasteiger charge is 2.26. The molecule has 0 aliphatic rings. The van der Waals surface area contributed by atoms with Crippen LogP contribution in [0.3, 0.4) is 0 Å². The van der Waals surface area contributed by atoms with Crippen LogP contribution in [0.25, 0.3) is 0 Å². The zero-order chi connectivity index (χ0) is 15.1. The lowest BCUT2D eigenvalue weighted by atomic mass is 9.95. The third-order valence-electron chi connectivity index (χ3n) is 3.28. The summed E-state index contributed by atoms with van der Waals surface area (Å²) >= 11 is 0. The van der Waals surface area contributed by atoms with Gasteiger partial charge in [-0.1, -0.05) is 44.2 Å². The molecule has 0 saturated heterocycles. The Bertz CT molecular complexity index is 446. The molecule has 0 radical (unpaired) electrons. The number of quaternary nitrogens is 1. The van der Waals surface area contributed by atoms with Crippen LogP contribution in [-0.2, 0) is 4.79 Å². The second kappa shape index (κ2) is 7.65. The molecule has 3 amide bonds. The third-order valence-corrected chi connectivity index (χ3v) is 3.28. The van der Waals surface area contributed by atoms with Gasteiger partial charge in [0.05, 0.1) is 0 Å². The van der Waals surface area contributed by atoms with E-state index < -0.39 is 6.03 Å². The van der Waals surface area contributed by atoms with Crippen molar-refractivity contribution in [3.8, 4) is 0 Å². The first-order valence-electron chi connectivity index (χ1n) is 6.88. The molecule has 0 aromatic heterocycles. The number of hydrogen-bond acceptors (Lipinski definition) is 2. The molecule has 1 aromatic rings. The van der Waals surface area contributed by atoms with E-state index in [4.69, 9.17) is 0 Å². The summed E-state index contributed by atoms with van der Waals surface area (Å²) in [5, 5.41) is 6.68. The predicted octanol–water partition coefficient (Wildman–Crippen LogP) is 0.791. The molecule has 1 rings (SSSR count). The molecule has 4 N–H and O–H groups in total. The number of urea groups is 1. The molecule has 0 unspecified atom stereocenters. The first kappa shape index (κ1) is 16.2. The number of carbonyl (C=O) groups excluding carboxylic acids is 2. The molecular weight excluding hydrogens is 254 g/mol. The molecule has 20 heavy (non-hydrogen) atoms. The Kier molecular flexibility index (Phi) is 6.18. The van der Waals surface area contributed by atoms with Crippen LogP contribution < -0.4 is 16.0 Å². The number of nitrogens with one attached hydrogen (secondary N) is 2. The molecule has 110 valence electrons. The van der Waals surface area contributed by atoms with Gasteiger partial charge in [-0.2, -0.15) is 0 Å². The predicted molar refractivity (Wildman–Crippen MR) is 78.0 cm³/mol. The molecule has 0 fully saturated rings. The zero-order valence-corrected chi connectivity index (χ0v) is 12.5. The summed E-state index contributed by atoms with van der Waals surface area (Å²) in [6.07, 6.45) is 0. The van der Waals surface area contributed by atoms with E-state index in [9.17, 15) is 9.59 Å². The lowest BCUT2D eigenvalue weighted by molar-refractivity contribution is -0.719. The normalized spacial score (nSPS) is 13.7. The maximum absolute atomic E-state index is 11.9. The van der Waals surface area contributed by atoms with Crippen molar-refractivity contribution >= 4 is 11.9 Å². The summed E-state index contributed by atoms with van der Waals surface area (Å²) in [6.45, 7) is 6.05. The quantitative estimate of drug-likeness (QED) is 0.745. The fourth-order valence-corrected chi connectivity index (χ4v) is 2.08. The molecule has 0 spiro atoms. The van der Waals surface area contributed by atoms with Gasteiger partial charge in [0.15, 0.2) is 6.04 Å². The van der Waals surface area contributed by atoms with E-state index >= 15 is 0 Å². The monoisotopic (exact) mass is 278 g/mol. The Morgan fingerprint density at radius 1 is 1.10 bits per heavy atom. The average molecular weight is 278 g/mol. The molecule has 0 aliphatic carbocycles. The number of benzene rings is 1. The lowest BCUT2D eigenvalue weighted by Gasteiger charge is -2.22. The van der Waals surface area contributed by atoms with Crippen molar-refractivity contribution in [3.05, 3.63) is 35.9 Å². The van der Waals surface area contributed by atoms with E-state index in [1.54, 1.807) is 6.92 Å². The number of hydrogen-bond donors (Lipinski definition) is 3. The Morgan fingerprint density at radius 3 is 2.20 bits per heavy atom. The highest BCUT2D eigenvalue weighted by atomic mass is 16.2. The molecule has 0 bridgehead atoms. The molecule has 0 heterocycles. The third kappa shape index (κ3) is 4.66. The van der Waals surface area contributed by atoms with Gasteiger partial charge in [0, 0.05) is 18.5 Å². The van der Waals surface area contributed by atoms with E-state index in [2.05, 4.69) is 36.6 Å². The van der Waals surface area contributed by atoms with Crippen LogP contribution in [0.15, 0.2) is 30.3 Å². The SMILES string of the molecule is CNC(=O)NC(=O)[C@@H](C)[NH2+][C@@H](c1ccccc1)C(C)C. The summed E-state index contributed by atoms with van der Waals surface area (Å²) in [4.78, 5) is 23.1. The van der Waals surface area contributed by atoms with Crippen LogP contribution in [0, 0.1) is 5.92 Å². The molecule has 5 heteroatoms. The van der Waals surface area contributed by atoms with Crippen molar-refractivity contribution in [1.29, 1.82) is 0 Å². The topological polar surface area (TPSA) is 74.8 Å². The van der Waals surface area contributed by atoms with Gasteiger partial charge >= 0.3 is 6.03 Å². The molecule has 0 saturated carbocycles. The fraction of sp³-hybridized carbons (Fsp3) is 0.467. The molecule has 5 nitrogen and oxygen atoms in total. The summed E-state index contributed by atoms with van der Waals surface area (Å²) in [6, 6.07) is 9.46. The van der Waals surface area contributed by atoms with Crippen molar-refractivity contribution in [1.82, 2.24) is 10.6 Å². The maximum atomic E-state index is 11.9. The van der Waals surface area contributed by atoms with E-state index in [1.807, 2.05) is 23.5 Å². The maximum Gasteiger partial charge on any atom is 0.321 e. The number of rotatable bonds is 5. The van der Waals surface area contributed by atoms with E-state index in [0.29, 0.717) is 5.92 Å². The smallest absolute Gasteiger partial charge is 0.321 e. The number of imide groups is 1. The Labute approximate surface area is 120 Å².